The predicted molar refractivity (Wildman–Crippen MR) is 576 cm³/mol. The fraction of sp³-hybridized carbons (Fsp3) is 0.136. The van der Waals surface area contributed by atoms with Gasteiger partial charge in [-0.05, 0) is 197 Å². The third-order valence-corrected chi connectivity index (χ3v) is 28.4. The SMILES string of the molecule is CC(On1ccc2ncc(-c3ccc(CO)cc3)cc21)c1c(Cl)ccc(F)c1Cl.CC(On1ccc2ncc(-c3cncnc3)cc21)c1c(Cl)ccc(F)c1Cl.CC(On1ccc2ncc(-c3csc4ccccc34)cc21)c1c(Cl)ccc(F)c1Cl.COc1cccc(-c2cnc3ccn(OC(C)c4c(Cl)ccc(F)c4Cl)c3c2)c1OC.COc1cccc(OC)c1-c1cnc2ccn(OC(C)c3c(Cl)ccc(F)c3Cl)c2c1. The van der Waals surface area contributed by atoms with Crippen molar-refractivity contribution >= 4 is 193 Å². The number of methoxy groups -OCH3 is 4. The van der Waals surface area contributed by atoms with Crippen LogP contribution in [0.4, 0.5) is 22.0 Å². The Morgan fingerprint density at radius 3 is 0.973 bits per heavy atom. The number of aliphatic hydroxyl groups is 1. The summed E-state index contributed by atoms with van der Waals surface area (Å²) >= 11 is 63.4. The van der Waals surface area contributed by atoms with Crippen molar-refractivity contribution in [2.75, 3.05) is 28.4 Å². The number of halogens is 15. The Bertz CT molecular complexity index is 8440. The summed E-state index contributed by atoms with van der Waals surface area (Å²) < 4.78 is 101. The first-order chi connectivity index (χ1) is 71.4. The van der Waals surface area contributed by atoms with Crippen molar-refractivity contribution in [2.24, 2.45) is 0 Å². The Morgan fingerprint density at radius 1 is 0.311 bits per heavy atom. The molecule has 0 amide bonds. The minimum absolute atomic E-state index is 0.00264. The number of rotatable bonds is 25. The number of aromatic nitrogens is 12. The molecule has 12 aromatic heterocycles. The molecule has 754 valence electrons. The van der Waals surface area contributed by atoms with Crippen molar-refractivity contribution in [1.29, 1.82) is 0 Å². The van der Waals surface area contributed by atoms with Crippen molar-refractivity contribution in [3.63, 3.8) is 0 Å². The Hall–Kier alpha value is -13.8. The zero-order chi connectivity index (χ0) is 105. The van der Waals surface area contributed by atoms with Gasteiger partial charge in [0, 0.05) is 182 Å². The van der Waals surface area contributed by atoms with Gasteiger partial charge in [0.05, 0.1) is 93.3 Å². The second kappa shape index (κ2) is 46.7. The van der Waals surface area contributed by atoms with Crippen LogP contribution in [0.1, 0.15) is 98.5 Å². The van der Waals surface area contributed by atoms with Gasteiger partial charge in [-0.15, -0.1) is 11.3 Å². The van der Waals surface area contributed by atoms with Crippen molar-refractivity contribution in [2.45, 2.75) is 71.7 Å². The molecule has 0 spiro atoms. The van der Waals surface area contributed by atoms with Gasteiger partial charge < -0.3 is 48.2 Å². The number of hydrogen-bond donors (Lipinski definition) is 1. The highest BCUT2D eigenvalue weighted by atomic mass is 35.5. The Balaban J connectivity index is 0.000000126. The first-order valence-corrected chi connectivity index (χ1v) is 49.8. The number of fused-ring (bicyclic) bond motifs is 6. The highest BCUT2D eigenvalue weighted by Gasteiger charge is 2.29. The largest absolute Gasteiger partial charge is 0.496 e. The molecule has 38 heteroatoms. The Labute approximate surface area is 898 Å². The molecule has 0 saturated carbocycles. The lowest BCUT2D eigenvalue weighted by Crippen LogP contribution is -2.16. The van der Waals surface area contributed by atoms with E-state index < -0.39 is 59.6 Å². The molecule has 12 heterocycles. The molecule has 0 aliphatic heterocycles. The fourth-order valence-electron chi connectivity index (χ4n) is 16.5. The maximum Gasteiger partial charge on any atom is 0.168 e. The molecule has 1 N–H and O–H groups in total. The molecule has 148 heavy (non-hydrogen) atoms. The van der Waals surface area contributed by atoms with Gasteiger partial charge in [0.2, 0.25) is 0 Å². The number of ether oxygens (including phenoxy) is 4. The average Bonchev–Trinajstić information content (AvgIpc) is 1.62. The number of nitrogens with zero attached hydrogens (tertiary/aromatic N) is 12. The van der Waals surface area contributed by atoms with E-state index in [1.807, 2.05) is 140 Å². The zero-order valence-corrected chi connectivity index (χ0v) is 87.7. The van der Waals surface area contributed by atoms with E-state index in [0.717, 1.165) is 111 Å². The molecule has 0 bridgehead atoms. The molecule has 22 nitrogen and oxygen atoms in total. The molecule has 5 unspecified atom stereocenters. The summed E-state index contributed by atoms with van der Waals surface area (Å²) in [5, 5.41) is 14.0. The smallest absolute Gasteiger partial charge is 0.168 e. The number of thiophene rings is 1. The van der Waals surface area contributed by atoms with E-state index >= 15 is 0 Å². The first-order valence-electron chi connectivity index (χ1n) is 45.2. The lowest BCUT2D eigenvalue weighted by molar-refractivity contribution is 0.0561. The third kappa shape index (κ3) is 22.6. The highest BCUT2D eigenvalue weighted by Crippen LogP contribution is 2.46. The summed E-state index contributed by atoms with van der Waals surface area (Å²) in [5.74, 6) is -0.183. The lowest BCUT2D eigenvalue weighted by Gasteiger charge is -2.19. The van der Waals surface area contributed by atoms with E-state index in [1.54, 1.807) is 166 Å². The molecule has 0 saturated heterocycles. The molecular formula is C110H83Cl10F5N12O10S. The number of hydrogen-bond acceptors (Lipinski definition) is 18. The number of pyridine rings is 5. The van der Waals surface area contributed by atoms with E-state index in [2.05, 4.69) is 52.4 Å². The second-order valence-corrected chi connectivity index (χ2v) is 37.9. The topological polar surface area (TPSA) is 218 Å². The average molecular weight is 2210 g/mol. The molecule has 9 aromatic carbocycles. The minimum atomic E-state index is -0.615. The molecule has 0 radical (unpaired) electrons. The van der Waals surface area contributed by atoms with Crippen LogP contribution in [0.5, 0.6) is 23.0 Å². The van der Waals surface area contributed by atoms with Gasteiger partial charge in [-0.25, -0.2) is 31.9 Å². The van der Waals surface area contributed by atoms with E-state index in [9.17, 15) is 27.1 Å². The van der Waals surface area contributed by atoms with E-state index in [0.29, 0.717) is 81.4 Å². The molecule has 21 rings (SSSR count). The van der Waals surface area contributed by atoms with Crippen molar-refractivity contribution in [1.82, 2.24) is 58.5 Å². The minimum Gasteiger partial charge on any atom is -0.496 e. The fourth-order valence-corrected chi connectivity index (χ4v) is 20.9. The van der Waals surface area contributed by atoms with Gasteiger partial charge in [-0.2, -0.15) is 23.7 Å². The summed E-state index contributed by atoms with van der Waals surface area (Å²) in [6.07, 6.45) is 19.6. The van der Waals surface area contributed by atoms with Crippen molar-refractivity contribution < 1.29 is 70.2 Å². The van der Waals surface area contributed by atoms with Crippen LogP contribution in [0.3, 0.4) is 0 Å². The van der Waals surface area contributed by atoms with Crippen LogP contribution in [-0.4, -0.2) is 92.1 Å². The van der Waals surface area contributed by atoms with E-state index in [-0.39, 0.29) is 31.7 Å². The molecule has 21 aromatic rings. The monoisotopic (exact) mass is 2210 g/mol. The Kier molecular flexibility index (Phi) is 33.3. The molecule has 0 fully saturated rings. The maximum atomic E-state index is 13.9. The van der Waals surface area contributed by atoms with E-state index in [1.165, 1.54) is 77.1 Å². The first kappa shape index (κ1) is 106. The quantitative estimate of drug-likeness (QED) is 0.0415. The predicted octanol–water partition coefficient (Wildman–Crippen LogP) is 31.2. The Morgan fingerprint density at radius 2 is 0.622 bits per heavy atom. The van der Waals surface area contributed by atoms with Gasteiger partial charge in [-0.1, -0.05) is 177 Å². The van der Waals surface area contributed by atoms with Crippen molar-refractivity contribution in [3.05, 3.63) is 405 Å². The number of para-hydroxylation sites is 1. The summed E-state index contributed by atoms with van der Waals surface area (Å²) in [6.45, 7) is 8.78. The summed E-state index contributed by atoms with van der Waals surface area (Å²) in [4.78, 5) is 60.8. The standard InChI is InChI=1S/2C23H19Cl2FN2O3.C23H15Cl2FN2OS.C22H17Cl2FN2O2.C19H13Cl2FN4O/c1-13(21-15(24)7-8-16(26)23(21)25)31-28-10-9-17-18(28)11-14(12-27-17)22-19(29-2)5-4-6-20(22)30-3;1-13(21-16(24)7-8-17(26)22(21)25)31-28-10-9-18-19(28)11-14(12-27-18)15-5-4-6-20(29-2)23(15)30-3;1-13(22-17(24)6-7-18(26)23(22)25)29-28-9-8-19-20(28)10-14(11-27-19)16-12-30-21-5-3-2-4-15(16)21;1-13(21-17(23)6-7-18(25)22(21)24)29-27-9-8-19-20(27)10-16(11-26-19)15-4-2-14(12-28)3-5-15;1-11(18-14(20)2-3-15(22)19(18)21)27-26-5-4-16-17(26)6-12(9-25-16)13-7-23-10-24-8-13/h2*4-13H,1-3H3;2-13H,1H3;2-11,13,28H,12H2,1H3;2-11H,1H3. The number of aliphatic hydroxyl groups excluding tert-OH is 1. The van der Waals surface area contributed by atoms with Gasteiger partial charge in [0.1, 0.15) is 74.5 Å². The van der Waals surface area contributed by atoms with Crippen LogP contribution in [-0.2, 0) is 6.61 Å². The number of benzene rings is 9. The summed E-state index contributed by atoms with van der Waals surface area (Å²) in [7, 11) is 6.38. The van der Waals surface area contributed by atoms with E-state index in [4.69, 9.17) is 159 Å². The normalized spacial score (nSPS) is 12.2. The van der Waals surface area contributed by atoms with Crippen LogP contribution in [0.25, 0.3) is 121 Å². The van der Waals surface area contributed by atoms with Gasteiger partial charge >= 0.3 is 0 Å². The van der Waals surface area contributed by atoms with Gasteiger partial charge in [0.25, 0.3) is 0 Å². The van der Waals surface area contributed by atoms with Crippen LogP contribution < -0.4 is 43.1 Å². The van der Waals surface area contributed by atoms with Gasteiger partial charge in [0.15, 0.2) is 42.0 Å². The maximum absolute atomic E-state index is 13.9. The van der Waals surface area contributed by atoms with Crippen LogP contribution in [0.15, 0.2) is 292 Å². The molecule has 0 aliphatic rings. The van der Waals surface area contributed by atoms with Crippen molar-refractivity contribution in [3.8, 4) is 78.6 Å². The summed E-state index contributed by atoms with van der Waals surface area (Å²) in [6, 6.07) is 59.5. The van der Waals surface area contributed by atoms with Crippen LogP contribution in [0.2, 0.25) is 50.2 Å². The molecular weight excluding hydrogens is 2130 g/mol. The third-order valence-electron chi connectivity index (χ3n) is 23.9. The van der Waals surface area contributed by atoms with Crippen LogP contribution >= 0.6 is 127 Å². The molecule has 0 aliphatic carbocycles. The lowest BCUT2D eigenvalue weighted by atomic mass is 10.0. The second-order valence-electron chi connectivity index (χ2n) is 33.1. The summed E-state index contributed by atoms with van der Waals surface area (Å²) in [5.41, 5.74) is 19.2. The van der Waals surface area contributed by atoms with Crippen LogP contribution in [0, 0.1) is 29.1 Å². The highest BCUT2D eigenvalue weighted by molar-refractivity contribution is 7.17. The molecule has 5 atom stereocenters. The van der Waals surface area contributed by atoms with Gasteiger partial charge in [-0.3, -0.25) is 24.9 Å². The zero-order valence-electron chi connectivity index (χ0n) is 79.4.